The molecule has 0 heterocycles. The van der Waals surface area contributed by atoms with Crippen molar-refractivity contribution < 1.29 is 19.1 Å². The van der Waals surface area contributed by atoms with Gasteiger partial charge in [-0.15, -0.1) is 0 Å². The molecule has 25 heavy (non-hydrogen) atoms. The molecule has 0 fully saturated rings. The lowest BCUT2D eigenvalue weighted by Gasteiger charge is -2.08. The van der Waals surface area contributed by atoms with Crippen molar-refractivity contribution in [3.8, 4) is 0 Å². The molecule has 4 nitrogen and oxygen atoms in total. The van der Waals surface area contributed by atoms with Crippen LogP contribution < -0.4 is 0 Å². The zero-order valence-corrected chi connectivity index (χ0v) is 15.1. The first-order valence-corrected chi connectivity index (χ1v) is 8.58. The summed E-state index contributed by atoms with van der Waals surface area (Å²) in [6.07, 6.45) is 1.80. The minimum atomic E-state index is -0.444. The van der Waals surface area contributed by atoms with Crippen LogP contribution in [0.25, 0.3) is 0 Å². The average molecular weight is 361 g/mol. The van der Waals surface area contributed by atoms with Crippen molar-refractivity contribution in [3.63, 3.8) is 0 Å². The third-order valence-corrected chi connectivity index (χ3v) is 3.99. The molecule has 2 aromatic carbocycles. The van der Waals surface area contributed by atoms with Crippen LogP contribution in [0.5, 0.6) is 0 Å². The van der Waals surface area contributed by atoms with Gasteiger partial charge in [0.25, 0.3) is 0 Å². The van der Waals surface area contributed by atoms with Crippen molar-refractivity contribution in [2.24, 2.45) is 0 Å². The Morgan fingerprint density at radius 2 is 1.56 bits per heavy atom. The lowest BCUT2D eigenvalue weighted by Crippen LogP contribution is -2.09. The molecule has 0 aromatic heterocycles. The SMILES string of the molecule is CCCCOC(=O)c1ccc(C(=O)OCc2ccc(Cl)cc2C)cc1. The monoisotopic (exact) mass is 360 g/mol. The molecule has 0 bridgehead atoms. The molecule has 0 amide bonds. The maximum Gasteiger partial charge on any atom is 0.338 e. The molecule has 0 aliphatic carbocycles. The maximum atomic E-state index is 12.1. The van der Waals surface area contributed by atoms with E-state index < -0.39 is 5.97 Å². The topological polar surface area (TPSA) is 52.6 Å². The summed E-state index contributed by atoms with van der Waals surface area (Å²) in [6.45, 7) is 4.51. The molecule has 0 unspecified atom stereocenters. The van der Waals surface area contributed by atoms with E-state index in [1.54, 1.807) is 30.3 Å². The highest BCUT2D eigenvalue weighted by molar-refractivity contribution is 6.30. The van der Waals surface area contributed by atoms with Crippen LogP contribution in [0.4, 0.5) is 0 Å². The van der Waals surface area contributed by atoms with Gasteiger partial charge in [0.05, 0.1) is 17.7 Å². The Balaban J connectivity index is 1.92. The highest BCUT2D eigenvalue weighted by atomic mass is 35.5. The Hall–Kier alpha value is -2.33. The summed E-state index contributed by atoms with van der Waals surface area (Å²) in [5, 5.41) is 0.647. The number of benzene rings is 2. The Bertz CT molecular complexity index is 738. The molecule has 2 aromatic rings. The van der Waals surface area contributed by atoms with Crippen molar-refractivity contribution in [2.45, 2.75) is 33.3 Å². The molecule has 0 saturated heterocycles. The number of carbonyl (C=O) groups is 2. The van der Waals surface area contributed by atoms with Gasteiger partial charge in [0, 0.05) is 5.02 Å². The second-order valence-electron chi connectivity index (χ2n) is 5.71. The highest BCUT2D eigenvalue weighted by Gasteiger charge is 2.11. The molecular weight excluding hydrogens is 340 g/mol. The fraction of sp³-hybridized carbons (Fsp3) is 0.300. The van der Waals surface area contributed by atoms with Gasteiger partial charge in [0.2, 0.25) is 0 Å². The summed E-state index contributed by atoms with van der Waals surface area (Å²) in [7, 11) is 0. The first-order chi connectivity index (χ1) is 12.0. The van der Waals surface area contributed by atoms with Crippen molar-refractivity contribution in [1.29, 1.82) is 0 Å². The number of unbranched alkanes of at least 4 members (excludes halogenated alkanes) is 1. The fourth-order valence-electron chi connectivity index (χ4n) is 2.18. The van der Waals surface area contributed by atoms with E-state index in [2.05, 4.69) is 0 Å². The fourth-order valence-corrected chi connectivity index (χ4v) is 2.41. The van der Waals surface area contributed by atoms with Crippen LogP contribution >= 0.6 is 11.6 Å². The Kier molecular flexibility index (Phi) is 7.02. The van der Waals surface area contributed by atoms with Crippen molar-refractivity contribution in [1.82, 2.24) is 0 Å². The molecule has 0 aliphatic rings. The van der Waals surface area contributed by atoms with Crippen molar-refractivity contribution in [3.05, 3.63) is 69.7 Å². The van der Waals surface area contributed by atoms with Crippen LogP contribution in [0, 0.1) is 6.92 Å². The smallest absolute Gasteiger partial charge is 0.338 e. The van der Waals surface area contributed by atoms with Gasteiger partial charge in [0.15, 0.2) is 0 Å². The minimum Gasteiger partial charge on any atom is -0.462 e. The van der Waals surface area contributed by atoms with Crippen LogP contribution in [0.3, 0.4) is 0 Å². The van der Waals surface area contributed by atoms with E-state index in [9.17, 15) is 9.59 Å². The van der Waals surface area contributed by atoms with E-state index in [-0.39, 0.29) is 12.6 Å². The number of hydrogen-bond donors (Lipinski definition) is 0. The summed E-state index contributed by atoms with van der Waals surface area (Å²) in [5.41, 5.74) is 2.66. The number of carbonyl (C=O) groups excluding carboxylic acids is 2. The zero-order valence-electron chi connectivity index (χ0n) is 14.4. The molecule has 0 saturated carbocycles. The first-order valence-electron chi connectivity index (χ1n) is 8.20. The van der Waals surface area contributed by atoms with Gasteiger partial charge >= 0.3 is 11.9 Å². The highest BCUT2D eigenvalue weighted by Crippen LogP contribution is 2.17. The van der Waals surface area contributed by atoms with Gasteiger partial charge in [-0.25, -0.2) is 9.59 Å². The Labute approximate surface area is 152 Å². The van der Waals surface area contributed by atoms with Crippen LogP contribution in [0.2, 0.25) is 5.02 Å². The zero-order chi connectivity index (χ0) is 18.2. The lowest BCUT2D eigenvalue weighted by molar-refractivity contribution is 0.0466. The van der Waals surface area contributed by atoms with Gasteiger partial charge in [-0.1, -0.05) is 31.0 Å². The number of halogens is 1. The first kappa shape index (κ1) is 19.0. The molecule has 2 rings (SSSR count). The quantitative estimate of drug-likeness (QED) is 0.517. The van der Waals surface area contributed by atoms with Gasteiger partial charge < -0.3 is 9.47 Å². The summed E-state index contributed by atoms with van der Waals surface area (Å²) < 4.78 is 10.4. The van der Waals surface area contributed by atoms with E-state index in [1.165, 1.54) is 0 Å². The second-order valence-corrected chi connectivity index (χ2v) is 6.15. The van der Waals surface area contributed by atoms with E-state index >= 15 is 0 Å². The molecule has 0 N–H and O–H groups in total. The van der Waals surface area contributed by atoms with Crippen LogP contribution in [-0.2, 0) is 16.1 Å². The van der Waals surface area contributed by atoms with E-state index in [4.69, 9.17) is 21.1 Å². The number of esters is 2. The van der Waals surface area contributed by atoms with E-state index in [1.807, 2.05) is 26.0 Å². The molecule has 132 valence electrons. The van der Waals surface area contributed by atoms with Crippen LogP contribution in [-0.4, -0.2) is 18.5 Å². The van der Waals surface area contributed by atoms with Gasteiger partial charge in [-0.05, 0) is 60.9 Å². The molecular formula is C20H21ClO4. The average Bonchev–Trinajstić information content (AvgIpc) is 2.61. The lowest BCUT2D eigenvalue weighted by atomic mass is 10.1. The minimum absolute atomic E-state index is 0.169. The van der Waals surface area contributed by atoms with Crippen molar-refractivity contribution >= 4 is 23.5 Å². The molecule has 5 heteroatoms. The standard InChI is InChI=1S/C20H21ClO4/c1-3-4-11-24-19(22)15-5-7-16(8-6-15)20(23)25-13-17-9-10-18(21)12-14(17)2/h5-10,12H,3-4,11,13H2,1-2H3. The molecule has 0 radical (unpaired) electrons. The predicted octanol–water partition coefficient (Wildman–Crippen LogP) is 4.96. The van der Waals surface area contributed by atoms with Crippen LogP contribution in [0.15, 0.2) is 42.5 Å². The maximum absolute atomic E-state index is 12.1. The molecule has 0 aliphatic heterocycles. The third-order valence-electron chi connectivity index (χ3n) is 3.75. The number of aryl methyl sites for hydroxylation is 1. The molecule has 0 spiro atoms. The van der Waals surface area contributed by atoms with Gasteiger partial charge in [0.1, 0.15) is 6.61 Å². The number of hydrogen-bond acceptors (Lipinski definition) is 4. The third kappa shape index (κ3) is 5.61. The summed E-state index contributed by atoms with van der Waals surface area (Å²) in [4.78, 5) is 24.0. The molecule has 0 atom stereocenters. The Morgan fingerprint density at radius 3 is 2.12 bits per heavy atom. The number of rotatable bonds is 7. The van der Waals surface area contributed by atoms with Gasteiger partial charge in [-0.3, -0.25) is 0 Å². The van der Waals surface area contributed by atoms with E-state index in [0.717, 1.165) is 24.0 Å². The van der Waals surface area contributed by atoms with Crippen LogP contribution in [0.1, 0.15) is 51.6 Å². The second kappa shape index (κ2) is 9.23. The normalized spacial score (nSPS) is 10.4. The van der Waals surface area contributed by atoms with E-state index in [0.29, 0.717) is 22.8 Å². The Morgan fingerprint density at radius 1 is 0.960 bits per heavy atom. The summed E-state index contributed by atoms with van der Waals surface area (Å²) in [6, 6.07) is 11.7. The van der Waals surface area contributed by atoms with Crippen molar-refractivity contribution in [2.75, 3.05) is 6.61 Å². The largest absolute Gasteiger partial charge is 0.462 e. The predicted molar refractivity (Wildman–Crippen MR) is 96.9 cm³/mol. The number of ether oxygens (including phenoxy) is 2. The summed E-state index contributed by atoms with van der Waals surface area (Å²) in [5.74, 6) is -0.828. The summed E-state index contributed by atoms with van der Waals surface area (Å²) >= 11 is 5.91. The van der Waals surface area contributed by atoms with Gasteiger partial charge in [-0.2, -0.15) is 0 Å².